The average Bonchev–Trinajstić information content (AvgIpc) is 2.38. The quantitative estimate of drug-likeness (QED) is 0.890. The maximum absolute atomic E-state index is 5.91. The number of nitrogens with one attached hydrogen (secondary N) is 1. The number of nitrogens with zero attached hydrogens (tertiary/aromatic N) is 1. The molecule has 1 aliphatic rings. The van der Waals surface area contributed by atoms with Crippen molar-refractivity contribution < 1.29 is 0 Å². The number of hydrogen-bond donors (Lipinski definition) is 1. The van der Waals surface area contributed by atoms with Gasteiger partial charge in [-0.25, -0.2) is 0 Å². The first-order chi connectivity index (χ1) is 9.13. The SMILES string of the molecule is CC(C)NC1CCCN(CCc2ccc(Cl)cc2)C1. The molecule has 0 aromatic heterocycles. The summed E-state index contributed by atoms with van der Waals surface area (Å²) in [6.45, 7) is 8.03. The Morgan fingerprint density at radius 2 is 2.05 bits per heavy atom. The number of benzene rings is 1. The van der Waals surface area contributed by atoms with Gasteiger partial charge >= 0.3 is 0 Å². The summed E-state index contributed by atoms with van der Waals surface area (Å²) in [4.78, 5) is 2.58. The molecular formula is C16H25ClN2. The first-order valence-corrected chi connectivity index (χ1v) is 7.74. The van der Waals surface area contributed by atoms with E-state index < -0.39 is 0 Å². The van der Waals surface area contributed by atoms with E-state index in [4.69, 9.17) is 11.6 Å². The third kappa shape index (κ3) is 5.13. The van der Waals surface area contributed by atoms with Crippen LogP contribution in [-0.4, -0.2) is 36.6 Å². The molecule has 2 rings (SSSR count). The van der Waals surface area contributed by atoms with Crippen LogP contribution in [0.1, 0.15) is 32.3 Å². The Hall–Kier alpha value is -0.570. The molecule has 1 atom stereocenters. The highest BCUT2D eigenvalue weighted by molar-refractivity contribution is 6.30. The predicted molar refractivity (Wildman–Crippen MR) is 82.9 cm³/mol. The van der Waals surface area contributed by atoms with Crippen LogP contribution in [-0.2, 0) is 6.42 Å². The van der Waals surface area contributed by atoms with Crippen LogP contribution in [0.25, 0.3) is 0 Å². The lowest BCUT2D eigenvalue weighted by Crippen LogP contribution is -2.48. The van der Waals surface area contributed by atoms with Gasteiger partial charge in [0, 0.05) is 30.2 Å². The summed E-state index contributed by atoms with van der Waals surface area (Å²) in [5.74, 6) is 0. The summed E-state index contributed by atoms with van der Waals surface area (Å²) in [7, 11) is 0. The van der Waals surface area contributed by atoms with E-state index in [1.165, 1.54) is 31.5 Å². The first-order valence-electron chi connectivity index (χ1n) is 7.36. The van der Waals surface area contributed by atoms with E-state index in [2.05, 4.69) is 36.2 Å². The molecule has 2 nitrogen and oxygen atoms in total. The fraction of sp³-hybridized carbons (Fsp3) is 0.625. The van der Waals surface area contributed by atoms with Crippen molar-refractivity contribution in [1.29, 1.82) is 0 Å². The van der Waals surface area contributed by atoms with E-state index in [0.29, 0.717) is 12.1 Å². The first kappa shape index (κ1) is 14.8. The summed E-state index contributed by atoms with van der Waals surface area (Å²) in [6.07, 6.45) is 3.74. The van der Waals surface area contributed by atoms with E-state index >= 15 is 0 Å². The molecule has 106 valence electrons. The topological polar surface area (TPSA) is 15.3 Å². The Kier molecular flexibility index (Phi) is 5.68. The van der Waals surface area contributed by atoms with Crippen LogP contribution < -0.4 is 5.32 Å². The van der Waals surface area contributed by atoms with E-state index in [-0.39, 0.29) is 0 Å². The van der Waals surface area contributed by atoms with E-state index in [1.807, 2.05) is 12.1 Å². The van der Waals surface area contributed by atoms with Crippen molar-refractivity contribution in [2.24, 2.45) is 0 Å². The van der Waals surface area contributed by atoms with Gasteiger partial charge < -0.3 is 10.2 Å². The molecule has 0 aliphatic carbocycles. The molecule has 1 fully saturated rings. The van der Waals surface area contributed by atoms with Crippen LogP contribution in [0.3, 0.4) is 0 Å². The van der Waals surface area contributed by atoms with Crippen molar-refractivity contribution >= 4 is 11.6 Å². The fourth-order valence-corrected chi connectivity index (χ4v) is 2.93. The number of rotatable bonds is 5. The largest absolute Gasteiger partial charge is 0.311 e. The van der Waals surface area contributed by atoms with Gasteiger partial charge in [-0.3, -0.25) is 0 Å². The molecule has 1 unspecified atom stereocenters. The molecule has 1 heterocycles. The van der Waals surface area contributed by atoms with Gasteiger partial charge in [-0.2, -0.15) is 0 Å². The van der Waals surface area contributed by atoms with Gasteiger partial charge in [-0.05, 0) is 43.5 Å². The summed E-state index contributed by atoms with van der Waals surface area (Å²) in [6, 6.07) is 9.48. The monoisotopic (exact) mass is 280 g/mol. The molecule has 1 aromatic rings. The fourth-order valence-electron chi connectivity index (χ4n) is 2.80. The molecular weight excluding hydrogens is 256 g/mol. The van der Waals surface area contributed by atoms with E-state index in [0.717, 1.165) is 18.0 Å². The van der Waals surface area contributed by atoms with Gasteiger partial charge in [0.2, 0.25) is 0 Å². The van der Waals surface area contributed by atoms with Gasteiger partial charge in [0.1, 0.15) is 0 Å². The van der Waals surface area contributed by atoms with Crippen LogP contribution in [0.15, 0.2) is 24.3 Å². The Bertz CT molecular complexity index is 375. The van der Waals surface area contributed by atoms with Gasteiger partial charge in [-0.1, -0.05) is 37.6 Å². The normalized spacial score (nSPS) is 20.9. The molecule has 1 aliphatic heterocycles. The highest BCUT2D eigenvalue weighted by Gasteiger charge is 2.19. The lowest BCUT2D eigenvalue weighted by atomic mass is 10.0. The van der Waals surface area contributed by atoms with Gasteiger partial charge in [0.15, 0.2) is 0 Å². The molecule has 0 amide bonds. The van der Waals surface area contributed by atoms with Gasteiger partial charge in [-0.15, -0.1) is 0 Å². The zero-order chi connectivity index (χ0) is 13.7. The van der Waals surface area contributed by atoms with Gasteiger partial charge in [0.05, 0.1) is 0 Å². The van der Waals surface area contributed by atoms with Crippen molar-refractivity contribution in [2.75, 3.05) is 19.6 Å². The summed E-state index contributed by atoms with van der Waals surface area (Å²) in [5, 5.41) is 4.48. The van der Waals surface area contributed by atoms with Crippen molar-refractivity contribution in [1.82, 2.24) is 10.2 Å². The highest BCUT2D eigenvalue weighted by atomic mass is 35.5. The number of hydrogen-bond acceptors (Lipinski definition) is 2. The smallest absolute Gasteiger partial charge is 0.0406 e. The Balaban J connectivity index is 1.77. The summed E-state index contributed by atoms with van der Waals surface area (Å²) in [5.41, 5.74) is 1.38. The second-order valence-corrected chi connectivity index (χ2v) is 6.27. The van der Waals surface area contributed by atoms with Gasteiger partial charge in [0.25, 0.3) is 0 Å². The minimum atomic E-state index is 0.584. The minimum absolute atomic E-state index is 0.584. The van der Waals surface area contributed by atoms with Crippen molar-refractivity contribution in [3.05, 3.63) is 34.9 Å². The standard InChI is InChI=1S/C16H25ClN2/c1-13(2)18-16-4-3-10-19(12-16)11-9-14-5-7-15(17)8-6-14/h5-8,13,16,18H,3-4,9-12H2,1-2H3. The Labute approximate surface area is 122 Å². The molecule has 19 heavy (non-hydrogen) atoms. The maximum Gasteiger partial charge on any atom is 0.0406 e. The second kappa shape index (κ2) is 7.28. The van der Waals surface area contributed by atoms with Crippen LogP contribution in [0.2, 0.25) is 5.02 Å². The zero-order valence-corrected chi connectivity index (χ0v) is 12.8. The third-order valence-electron chi connectivity index (χ3n) is 3.70. The summed E-state index contributed by atoms with van der Waals surface area (Å²) < 4.78 is 0. The van der Waals surface area contributed by atoms with Crippen LogP contribution in [0.5, 0.6) is 0 Å². The predicted octanol–water partition coefficient (Wildman–Crippen LogP) is 3.34. The Morgan fingerprint density at radius 1 is 1.32 bits per heavy atom. The molecule has 3 heteroatoms. The molecule has 1 N–H and O–H groups in total. The molecule has 0 radical (unpaired) electrons. The number of piperidine rings is 1. The van der Waals surface area contributed by atoms with Crippen LogP contribution in [0, 0.1) is 0 Å². The summed E-state index contributed by atoms with van der Waals surface area (Å²) >= 11 is 5.91. The maximum atomic E-state index is 5.91. The molecule has 0 spiro atoms. The second-order valence-electron chi connectivity index (χ2n) is 5.84. The lowest BCUT2D eigenvalue weighted by molar-refractivity contribution is 0.187. The van der Waals surface area contributed by atoms with Crippen LogP contribution in [0.4, 0.5) is 0 Å². The third-order valence-corrected chi connectivity index (χ3v) is 3.96. The number of likely N-dealkylation sites (tertiary alicyclic amines) is 1. The van der Waals surface area contributed by atoms with Crippen LogP contribution >= 0.6 is 11.6 Å². The lowest BCUT2D eigenvalue weighted by Gasteiger charge is -2.34. The van der Waals surface area contributed by atoms with Crippen molar-refractivity contribution in [3.63, 3.8) is 0 Å². The van der Waals surface area contributed by atoms with Crippen molar-refractivity contribution in [2.45, 2.75) is 45.2 Å². The average molecular weight is 281 g/mol. The molecule has 1 saturated heterocycles. The van der Waals surface area contributed by atoms with E-state index in [9.17, 15) is 0 Å². The molecule has 0 saturated carbocycles. The van der Waals surface area contributed by atoms with E-state index in [1.54, 1.807) is 0 Å². The highest BCUT2D eigenvalue weighted by Crippen LogP contribution is 2.13. The zero-order valence-electron chi connectivity index (χ0n) is 12.0. The molecule has 0 bridgehead atoms. The van der Waals surface area contributed by atoms with Crippen molar-refractivity contribution in [3.8, 4) is 0 Å². The minimum Gasteiger partial charge on any atom is -0.311 e. The Morgan fingerprint density at radius 3 is 2.74 bits per heavy atom. The number of halogens is 1. The molecule has 1 aromatic carbocycles.